The zero-order chi connectivity index (χ0) is 13.1. The van der Waals surface area contributed by atoms with Crippen LogP contribution in [0.25, 0.3) is 11.4 Å². The summed E-state index contributed by atoms with van der Waals surface area (Å²) in [4.78, 5) is 4.39. The lowest BCUT2D eigenvalue weighted by Gasteiger charge is -2.19. The van der Waals surface area contributed by atoms with Gasteiger partial charge in [-0.25, -0.2) is 0 Å². The van der Waals surface area contributed by atoms with Crippen molar-refractivity contribution >= 4 is 0 Å². The molecule has 100 valence electrons. The molecule has 6 nitrogen and oxygen atoms in total. The van der Waals surface area contributed by atoms with Crippen LogP contribution in [0.5, 0.6) is 5.75 Å². The maximum Gasteiger partial charge on any atom is 0.257 e. The van der Waals surface area contributed by atoms with Crippen LogP contribution in [0.3, 0.4) is 0 Å². The maximum atomic E-state index is 5.58. The molecule has 1 fully saturated rings. The van der Waals surface area contributed by atoms with E-state index in [0.717, 1.165) is 17.9 Å². The highest BCUT2D eigenvalue weighted by molar-refractivity contribution is 5.63. The number of methoxy groups -OCH3 is 1. The molecule has 0 saturated carbocycles. The maximum absolute atomic E-state index is 5.58. The van der Waals surface area contributed by atoms with Crippen LogP contribution in [0.1, 0.15) is 12.0 Å². The van der Waals surface area contributed by atoms with Crippen molar-refractivity contribution in [3.8, 4) is 17.1 Å². The average Bonchev–Trinajstić information content (AvgIpc) is 2.98. The molecule has 2 aromatic rings. The molecule has 1 aromatic heterocycles. The first-order valence-corrected chi connectivity index (χ1v) is 6.18. The van der Waals surface area contributed by atoms with Crippen LogP contribution in [0, 0.1) is 0 Å². The normalized spacial score (nSPS) is 19.3. The van der Waals surface area contributed by atoms with E-state index in [2.05, 4.69) is 15.5 Å². The Hall–Kier alpha value is -1.92. The van der Waals surface area contributed by atoms with Crippen molar-refractivity contribution in [2.45, 2.75) is 6.10 Å². The lowest BCUT2D eigenvalue weighted by atomic mass is 10.2. The zero-order valence-electron chi connectivity index (χ0n) is 10.6. The van der Waals surface area contributed by atoms with Gasteiger partial charge in [0.15, 0.2) is 0 Å². The van der Waals surface area contributed by atoms with E-state index < -0.39 is 0 Å². The molecule has 3 rings (SSSR count). The van der Waals surface area contributed by atoms with E-state index >= 15 is 0 Å². The Morgan fingerprint density at radius 3 is 3.05 bits per heavy atom. The molecule has 0 radical (unpaired) electrons. The molecular formula is C13H15N3O3. The number of morpholine rings is 1. The average molecular weight is 261 g/mol. The Bertz CT molecular complexity index is 550. The van der Waals surface area contributed by atoms with Gasteiger partial charge in [0.25, 0.3) is 5.89 Å². The number of hydrogen-bond acceptors (Lipinski definition) is 6. The van der Waals surface area contributed by atoms with E-state index in [-0.39, 0.29) is 6.10 Å². The van der Waals surface area contributed by atoms with E-state index in [4.69, 9.17) is 14.0 Å². The van der Waals surface area contributed by atoms with Gasteiger partial charge in [-0.3, -0.25) is 0 Å². The second-order valence-corrected chi connectivity index (χ2v) is 4.22. The zero-order valence-corrected chi connectivity index (χ0v) is 10.6. The van der Waals surface area contributed by atoms with Gasteiger partial charge in [0.05, 0.1) is 19.3 Å². The van der Waals surface area contributed by atoms with Gasteiger partial charge in [-0.1, -0.05) is 17.3 Å². The summed E-state index contributed by atoms with van der Waals surface area (Å²) in [5.74, 6) is 1.73. The Morgan fingerprint density at radius 1 is 1.37 bits per heavy atom. The standard InChI is InChI=1S/C13H15N3O3/c1-17-10-5-3-2-4-9(10)12-15-13(19-16-12)11-8-14-6-7-18-11/h2-5,11,14H,6-8H2,1H3/t11-/m0/s1. The van der Waals surface area contributed by atoms with E-state index in [1.165, 1.54) is 0 Å². The molecular weight excluding hydrogens is 246 g/mol. The van der Waals surface area contributed by atoms with Crippen molar-refractivity contribution in [3.63, 3.8) is 0 Å². The minimum atomic E-state index is -0.176. The lowest BCUT2D eigenvalue weighted by Crippen LogP contribution is -2.33. The molecule has 19 heavy (non-hydrogen) atoms. The molecule has 1 aliphatic heterocycles. The van der Waals surface area contributed by atoms with Gasteiger partial charge in [-0.05, 0) is 12.1 Å². The molecule has 0 unspecified atom stereocenters. The fourth-order valence-electron chi connectivity index (χ4n) is 2.03. The first-order valence-electron chi connectivity index (χ1n) is 6.18. The third-order valence-electron chi connectivity index (χ3n) is 2.99. The molecule has 0 bridgehead atoms. The fraction of sp³-hybridized carbons (Fsp3) is 0.385. The van der Waals surface area contributed by atoms with Crippen LogP contribution in [0.2, 0.25) is 0 Å². The second-order valence-electron chi connectivity index (χ2n) is 4.22. The number of hydrogen-bond donors (Lipinski definition) is 1. The highest BCUT2D eigenvalue weighted by atomic mass is 16.5. The molecule has 0 amide bonds. The van der Waals surface area contributed by atoms with E-state index in [9.17, 15) is 0 Å². The summed E-state index contributed by atoms with van der Waals surface area (Å²) in [6.07, 6.45) is -0.176. The number of para-hydroxylation sites is 1. The van der Waals surface area contributed by atoms with Crippen LogP contribution in [-0.2, 0) is 4.74 Å². The number of benzene rings is 1. The minimum absolute atomic E-state index is 0.176. The first-order chi connectivity index (χ1) is 9.38. The van der Waals surface area contributed by atoms with E-state index in [0.29, 0.717) is 24.9 Å². The topological polar surface area (TPSA) is 69.4 Å². The van der Waals surface area contributed by atoms with Gasteiger partial charge in [0, 0.05) is 13.1 Å². The van der Waals surface area contributed by atoms with E-state index in [1.54, 1.807) is 7.11 Å². The molecule has 2 heterocycles. The minimum Gasteiger partial charge on any atom is -0.496 e. The Balaban J connectivity index is 1.88. The molecule has 0 spiro atoms. The summed E-state index contributed by atoms with van der Waals surface area (Å²) in [6, 6.07) is 7.57. The highest BCUT2D eigenvalue weighted by Gasteiger charge is 2.23. The van der Waals surface area contributed by atoms with Crippen LogP contribution < -0.4 is 10.1 Å². The van der Waals surface area contributed by atoms with Crippen molar-refractivity contribution in [1.82, 2.24) is 15.5 Å². The number of nitrogens with zero attached hydrogens (tertiary/aromatic N) is 2. The number of ether oxygens (including phenoxy) is 2. The van der Waals surface area contributed by atoms with Crippen LogP contribution in [0.15, 0.2) is 28.8 Å². The largest absolute Gasteiger partial charge is 0.496 e. The van der Waals surface area contributed by atoms with Crippen molar-refractivity contribution in [2.24, 2.45) is 0 Å². The van der Waals surface area contributed by atoms with Gasteiger partial charge in [-0.15, -0.1) is 0 Å². The quantitative estimate of drug-likeness (QED) is 0.900. The van der Waals surface area contributed by atoms with Crippen LogP contribution in [0.4, 0.5) is 0 Å². The summed E-state index contributed by atoms with van der Waals surface area (Å²) >= 11 is 0. The third kappa shape index (κ3) is 2.45. The van der Waals surface area contributed by atoms with Crippen molar-refractivity contribution < 1.29 is 14.0 Å². The van der Waals surface area contributed by atoms with Gasteiger partial charge >= 0.3 is 0 Å². The monoisotopic (exact) mass is 261 g/mol. The molecule has 1 aromatic carbocycles. The van der Waals surface area contributed by atoms with Crippen molar-refractivity contribution in [3.05, 3.63) is 30.2 Å². The molecule has 1 N–H and O–H groups in total. The van der Waals surface area contributed by atoms with Crippen molar-refractivity contribution in [1.29, 1.82) is 0 Å². The first kappa shape index (κ1) is 12.1. The van der Waals surface area contributed by atoms with Gasteiger partial charge in [0.1, 0.15) is 11.9 Å². The Labute approximate surface area is 110 Å². The summed E-state index contributed by atoms with van der Waals surface area (Å²) in [5.41, 5.74) is 0.809. The van der Waals surface area contributed by atoms with Crippen LogP contribution >= 0.6 is 0 Å². The summed E-state index contributed by atoms with van der Waals surface area (Å²) in [6.45, 7) is 2.19. The fourth-order valence-corrected chi connectivity index (χ4v) is 2.03. The third-order valence-corrected chi connectivity index (χ3v) is 2.99. The van der Waals surface area contributed by atoms with Crippen molar-refractivity contribution in [2.75, 3.05) is 26.8 Å². The molecule has 1 saturated heterocycles. The number of nitrogens with one attached hydrogen (secondary N) is 1. The second kappa shape index (κ2) is 5.38. The Morgan fingerprint density at radius 2 is 2.26 bits per heavy atom. The molecule has 6 heteroatoms. The number of rotatable bonds is 3. The summed E-state index contributed by atoms with van der Waals surface area (Å²) in [5, 5.41) is 7.22. The predicted octanol–water partition coefficient (Wildman–Crippen LogP) is 1.41. The summed E-state index contributed by atoms with van der Waals surface area (Å²) in [7, 11) is 1.62. The smallest absolute Gasteiger partial charge is 0.257 e. The summed E-state index contributed by atoms with van der Waals surface area (Å²) < 4.78 is 16.1. The lowest BCUT2D eigenvalue weighted by molar-refractivity contribution is 0.00755. The van der Waals surface area contributed by atoms with Gasteiger partial charge in [0.2, 0.25) is 5.82 Å². The van der Waals surface area contributed by atoms with Gasteiger partial charge < -0.3 is 19.3 Å². The highest BCUT2D eigenvalue weighted by Crippen LogP contribution is 2.28. The molecule has 1 atom stereocenters. The predicted molar refractivity (Wildman–Crippen MR) is 67.8 cm³/mol. The SMILES string of the molecule is COc1ccccc1-c1noc([C@@H]2CNCCO2)n1. The Kier molecular flexibility index (Phi) is 3.43. The molecule has 1 aliphatic rings. The van der Waals surface area contributed by atoms with Crippen LogP contribution in [-0.4, -0.2) is 36.9 Å². The number of aromatic nitrogens is 2. The van der Waals surface area contributed by atoms with Gasteiger partial charge in [-0.2, -0.15) is 4.98 Å². The van der Waals surface area contributed by atoms with E-state index in [1.807, 2.05) is 24.3 Å². The molecule has 0 aliphatic carbocycles.